The number of amides is 1. The van der Waals surface area contributed by atoms with E-state index in [1.165, 1.54) is 0 Å². The van der Waals surface area contributed by atoms with Gasteiger partial charge < -0.3 is 10.8 Å². The number of likely N-dealkylation sites (tertiary alicyclic amines) is 1. The lowest BCUT2D eigenvalue weighted by atomic mass is 10.2. The van der Waals surface area contributed by atoms with Gasteiger partial charge in [0.2, 0.25) is 5.91 Å². The highest BCUT2D eigenvalue weighted by atomic mass is 16.4. The molecule has 1 amide bonds. The third-order valence-electron chi connectivity index (χ3n) is 2.01. The van der Waals surface area contributed by atoms with E-state index in [9.17, 15) is 9.59 Å². The molecule has 1 aliphatic heterocycles. The van der Waals surface area contributed by atoms with Crippen molar-refractivity contribution in [1.29, 1.82) is 0 Å². The molecule has 1 atom stereocenters. The molecule has 1 unspecified atom stereocenters. The zero-order valence-electron chi connectivity index (χ0n) is 6.69. The zero-order valence-corrected chi connectivity index (χ0v) is 6.69. The van der Waals surface area contributed by atoms with Crippen molar-refractivity contribution in [2.75, 3.05) is 13.1 Å². The van der Waals surface area contributed by atoms with Gasteiger partial charge in [-0.05, 0) is 19.4 Å². The molecule has 1 rings (SSSR count). The summed E-state index contributed by atoms with van der Waals surface area (Å²) in [5.74, 6) is -1.34. The molecule has 1 saturated heterocycles. The van der Waals surface area contributed by atoms with Crippen LogP contribution < -0.4 is 5.73 Å². The first-order valence-corrected chi connectivity index (χ1v) is 3.86. The second-order valence-corrected chi connectivity index (χ2v) is 2.93. The summed E-state index contributed by atoms with van der Waals surface area (Å²) in [4.78, 5) is 22.7. The minimum Gasteiger partial charge on any atom is -0.480 e. The van der Waals surface area contributed by atoms with Crippen molar-refractivity contribution in [1.82, 2.24) is 4.90 Å². The van der Waals surface area contributed by atoms with E-state index in [0.29, 0.717) is 13.0 Å². The van der Waals surface area contributed by atoms with Gasteiger partial charge in [-0.3, -0.25) is 14.5 Å². The predicted molar refractivity (Wildman–Crippen MR) is 41.4 cm³/mol. The Balaban J connectivity index is 2.52. The fourth-order valence-corrected chi connectivity index (χ4v) is 1.50. The Kier molecular flexibility index (Phi) is 2.65. The summed E-state index contributed by atoms with van der Waals surface area (Å²) in [5, 5.41) is 8.70. The van der Waals surface area contributed by atoms with Crippen LogP contribution in [0.25, 0.3) is 0 Å². The molecular weight excluding hydrogens is 160 g/mol. The molecule has 1 aliphatic rings. The Labute approximate surface area is 70.1 Å². The molecule has 0 aliphatic carbocycles. The van der Waals surface area contributed by atoms with Crippen LogP contribution in [0.3, 0.4) is 0 Å². The van der Waals surface area contributed by atoms with Gasteiger partial charge in [-0.1, -0.05) is 0 Å². The third kappa shape index (κ3) is 1.94. The number of carbonyl (C=O) groups is 2. The standard InChI is InChI=1S/C7H12N2O3/c8-6(10)4-9-3-1-2-5(9)7(11)12/h5H,1-4H2,(H2,8,10)(H,11,12). The molecule has 5 nitrogen and oxygen atoms in total. The minimum atomic E-state index is -0.867. The highest BCUT2D eigenvalue weighted by Gasteiger charge is 2.30. The van der Waals surface area contributed by atoms with Gasteiger partial charge in [-0.25, -0.2) is 0 Å². The quantitative estimate of drug-likeness (QED) is 0.573. The van der Waals surface area contributed by atoms with Gasteiger partial charge in [-0.2, -0.15) is 0 Å². The first-order chi connectivity index (χ1) is 5.61. The highest BCUT2D eigenvalue weighted by molar-refractivity contribution is 5.78. The van der Waals surface area contributed by atoms with E-state index in [4.69, 9.17) is 10.8 Å². The number of rotatable bonds is 3. The fraction of sp³-hybridized carbons (Fsp3) is 0.714. The Morgan fingerprint density at radius 1 is 1.58 bits per heavy atom. The number of primary amides is 1. The molecule has 0 saturated carbocycles. The minimum absolute atomic E-state index is 0.0525. The van der Waals surface area contributed by atoms with Gasteiger partial charge in [0.1, 0.15) is 6.04 Å². The van der Waals surface area contributed by atoms with E-state index in [2.05, 4.69) is 0 Å². The number of carbonyl (C=O) groups excluding carboxylic acids is 1. The van der Waals surface area contributed by atoms with Gasteiger partial charge in [0.05, 0.1) is 6.54 Å². The van der Waals surface area contributed by atoms with Crippen LogP contribution >= 0.6 is 0 Å². The molecule has 0 aromatic carbocycles. The van der Waals surface area contributed by atoms with Crippen molar-refractivity contribution in [3.8, 4) is 0 Å². The van der Waals surface area contributed by atoms with Crippen molar-refractivity contribution in [2.24, 2.45) is 5.73 Å². The lowest BCUT2D eigenvalue weighted by Gasteiger charge is -2.18. The van der Waals surface area contributed by atoms with Gasteiger partial charge in [0, 0.05) is 0 Å². The normalized spacial score (nSPS) is 24.2. The van der Waals surface area contributed by atoms with E-state index in [1.54, 1.807) is 4.90 Å². The van der Waals surface area contributed by atoms with Gasteiger partial charge >= 0.3 is 5.97 Å². The van der Waals surface area contributed by atoms with Gasteiger partial charge in [0.15, 0.2) is 0 Å². The maximum absolute atomic E-state index is 10.6. The van der Waals surface area contributed by atoms with Crippen molar-refractivity contribution >= 4 is 11.9 Å². The summed E-state index contributed by atoms with van der Waals surface area (Å²) in [6.07, 6.45) is 1.44. The number of aliphatic carboxylic acids is 1. The van der Waals surface area contributed by atoms with Crippen molar-refractivity contribution in [3.05, 3.63) is 0 Å². The van der Waals surface area contributed by atoms with E-state index < -0.39 is 17.9 Å². The molecule has 1 fully saturated rings. The van der Waals surface area contributed by atoms with Crippen molar-refractivity contribution in [3.63, 3.8) is 0 Å². The topological polar surface area (TPSA) is 83.6 Å². The molecule has 0 spiro atoms. The van der Waals surface area contributed by atoms with E-state index in [0.717, 1.165) is 6.42 Å². The van der Waals surface area contributed by atoms with Crippen LogP contribution in [0.1, 0.15) is 12.8 Å². The van der Waals surface area contributed by atoms with Crippen molar-refractivity contribution < 1.29 is 14.7 Å². The average Bonchev–Trinajstić information content (AvgIpc) is 2.33. The molecule has 3 N–H and O–H groups in total. The Bertz CT molecular complexity index is 205. The van der Waals surface area contributed by atoms with Crippen LogP contribution in [0.2, 0.25) is 0 Å². The monoisotopic (exact) mass is 172 g/mol. The Morgan fingerprint density at radius 3 is 2.75 bits per heavy atom. The van der Waals surface area contributed by atoms with Crippen molar-refractivity contribution in [2.45, 2.75) is 18.9 Å². The van der Waals surface area contributed by atoms with E-state index in [-0.39, 0.29) is 6.54 Å². The first kappa shape index (κ1) is 8.99. The highest BCUT2D eigenvalue weighted by Crippen LogP contribution is 2.16. The van der Waals surface area contributed by atoms with Crippen LogP contribution in [-0.4, -0.2) is 41.0 Å². The number of hydrogen-bond acceptors (Lipinski definition) is 3. The predicted octanol–water partition coefficient (Wildman–Crippen LogP) is -0.979. The van der Waals surface area contributed by atoms with E-state index >= 15 is 0 Å². The largest absolute Gasteiger partial charge is 0.480 e. The summed E-state index contributed by atoms with van der Waals surface area (Å²) in [6, 6.07) is -0.516. The summed E-state index contributed by atoms with van der Waals surface area (Å²) < 4.78 is 0. The molecule has 0 aromatic heterocycles. The molecule has 0 aromatic rings. The van der Waals surface area contributed by atoms with Crippen LogP contribution in [0.5, 0.6) is 0 Å². The molecule has 12 heavy (non-hydrogen) atoms. The zero-order chi connectivity index (χ0) is 9.14. The molecule has 1 heterocycles. The van der Waals surface area contributed by atoms with Crippen LogP contribution in [-0.2, 0) is 9.59 Å². The number of carboxylic acid groups (broad SMARTS) is 1. The van der Waals surface area contributed by atoms with E-state index in [1.807, 2.05) is 0 Å². The SMILES string of the molecule is NC(=O)CN1CCCC1C(=O)O. The lowest BCUT2D eigenvalue weighted by molar-refractivity contribution is -0.142. The fourth-order valence-electron chi connectivity index (χ4n) is 1.50. The smallest absolute Gasteiger partial charge is 0.320 e. The molecule has 0 radical (unpaired) electrons. The summed E-state index contributed by atoms with van der Waals surface area (Å²) in [6.45, 7) is 0.705. The number of carboxylic acids is 1. The summed E-state index contributed by atoms with van der Waals surface area (Å²) in [7, 11) is 0. The molecule has 5 heteroatoms. The third-order valence-corrected chi connectivity index (χ3v) is 2.01. The Morgan fingerprint density at radius 2 is 2.25 bits per heavy atom. The summed E-state index contributed by atoms with van der Waals surface area (Å²) >= 11 is 0. The number of nitrogens with two attached hydrogens (primary N) is 1. The second-order valence-electron chi connectivity index (χ2n) is 2.93. The maximum Gasteiger partial charge on any atom is 0.320 e. The second kappa shape index (κ2) is 3.53. The summed E-state index contributed by atoms with van der Waals surface area (Å²) in [5.41, 5.74) is 4.96. The Hall–Kier alpha value is -1.10. The average molecular weight is 172 g/mol. The number of nitrogens with zero attached hydrogens (tertiary/aromatic N) is 1. The van der Waals surface area contributed by atoms with Crippen LogP contribution in [0.15, 0.2) is 0 Å². The molecular formula is C7H12N2O3. The van der Waals surface area contributed by atoms with Crippen LogP contribution in [0, 0.1) is 0 Å². The maximum atomic E-state index is 10.6. The molecule has 68 valence electrons. The van der Waals surface area contributed by atoms with Crippen LogP contribution in [0.4, 0.5) is 0 Å². The van der Waals surface area contributed by atoms with Gasteiger partial charge in [-0.15, -0.1) is 0 Å². The molecule has 0 bridgehead atoms. The first-order valence-electron chi connectivity index (χ1n) is 3.86. The van der Waals surface area contributed by atoms with Gasteiger partial charge in [0.25, 0.3) is 0 Å². The lowest BCUT2D eigenvalue weighted by Crippen LogP contribution is -2.41. The number of hydrogen-bond donors (Lipinski definition) is 2.